The van der Waals surface area contributed by atoms with Crippen LogP contribution in [0.4, 0.5) is 8.78 Å². The Hall–Kier alpha value is -2.97. The molecule has 0 radical (unpaired) electrons. The van der Waals surface area contributed by atoms with Crippen LogP contribution < -0.4 is 9.47 Å². The van der Waals surface area contributed by atoms with Gasteiger partial charge in [0.05, 0.1) is 17.8 Å². The Morgan fingerprint density at radius 2 is 1.97 bits per heavy atom. The number of ketones is 1. The Balaban J connectivity index is 1.79. The maximum Gasteiger partial charge on any atom is 0.163 e. The molecule has 1 unspecified atom stereocenters. The molecule has 1 aromatic heterocycles. The number of aliphatic hydroxyl groups is 1. The molecule has 9 heteroatoms. The number of nitrogens with zero attached hydrogens (tertiary/aromatic N) is 2. The quantitative estimate of drug-likeness (QED) is 0.383. The lowest BCUT2D eigenvalue weighted by atomic mass is 9.95. The molecule has 0 spiro atoms. The van der Waals surface area contributed by atoms with Gasteiger partial charge in [-0.1, -0.05) is 11.6 Å². The standard InChI is InChI=1S/C25H27ClF2N2O4/c1-15-23(17-5-7-19(28)18(26)13-17)29-24(30(15)3)25(2,32)10-9-20(31)16-6-8-21(34-12-11-27)22(14-16)33-4/h5-8,13-14,32H,9-12H2,1-4H3. The minimum absolute atomic E-state index is 0.0157. The van der Waals surface area contributed by atoms with Crippen molar-refractivity contribution >= 4 is 17.4 Å². The first kappa shape index (κ1) is 25.6. The van der Waals surface area contributed by atoms with Crippen molar-refractivity contribution in [2.45, 2.75) is 32.3 Å². The predicted octanol–water partition coefficient (Wildman–Crippen LogP) is 5.42. The second kappa shape index (κ2) is 10.5. The largest absolute Gasteiger partial charge is 0.493 e. The number of rotatable bonds is 10. The molecule has 3 aromatic rings. The smallest absolute Gasteiger partial charge is 0.163 e. The SMILES string of the molecule is COc1cc(C(=O)CCC(C)(O)c2nc(-c3ccc(F)c(Cl)c3)c(C)n2C)ccc1OCCF. The molecule has 182 valence electrons. The topological polar surface area (TPSA) is 73.6 Å². The molecule has 1 heterocycles. The van der Waals surface area contributed by atoms with Gasteiger partial charge in [0.2, 0.25) is 0 Å². The lowest BCUT2D eigenvalue weighted by Crippen LogP contribution is -2.26. The molecule has 0 saturated carbocycles. The summed E-state index contributed by atoms with van der Waals surface area (Å²) in [5.74, 6) is 0.324. The van der Waals surface area contributed by atoms with Crippen LogP contribution in [0.25, 0.3) is 11.3 Å². The van der Waals surface area contributed by atoms with Gasteiger partial charge in [-0.25, -0.2) is 13.8 Å². The molecule has 0 saturated heterocycles. The molecule has 0 fully saturated rings. The number of imidazole rings is 1. The zero-order chi connectivity index (χ0) is 25.0. The average Bonchev–Trinajstić information content (AvgIpc) is 3.13. The zero-order valence-corrected chi connectivity index (χ0v) is 20.2. The van der Waals surface area contributed by atoms with Crippen LogP contribution in [0.15, 0.2) is 36.4 Å². The van der Waals surface area contributed by atoms with Crippen molar-refractivity contribution < 1.29 is 28.2 Å². The average molecular weight is 493 g/mol. The van der Waals surface area contributed by atoms with Crippen molar-refractivity contribution in [2.75, 3.05) is 20.4 Å². The first-order chi connectivity index (χ1) is 16.1. The summed E-state index contributed by atoms with van der Waals surface area (Å²) in [7, 11) is 3.20. The fourth-order valence-corrected chi connectivity index (χ4v) is 3.88. The van der Waals surface area contributed by atoms with Crippen molar-refractivity contribution in [1.82, 2.24) is 9.55 Å². The third-order valence-corrected chi connectivity index (χ3v) is 6.00. The lowest BCUT2D eigenvalue weighted by Gasteiger charge is -2.22. The van der Waals surface area contributed by atoms with Gasteiger partial charge in [-0.05, 0) is 56.7 Å². The summed E-state index contributed by atoms with van der Waals surface area (Å²) in [5, 5.41) is 11.2. The Morgan fingerprint density at radius 1 is 1.24 bits per heavy atom. The molecule has 0 aliphatic rings. The second-order valence-electron chi connectivity index (χ2n) is 8.16. The van der Waals surface area contributed by atoms with Crippen LogP contribution in [-0.2, 0) is 12.6 Å². The summed E-state index contributed by atoms with van der Waals surface area (Å²) in [5.41, 5.74) is 0.932. The molecule has 0 bridgehead atoms. The normalized spacial score (nSPS) is 12.9. The molecule has 0 aliphatic carbocycles. The monoisotopic (exact) mass is 492 g/mol. The van der Waals surface area contributed by atoms with Crippen molar-refractivity contribution in [3.63, 3.8) is 0 Å². The van der Waals surface area contributed by atoms with E-state index in [0.717, 1.165) is 5.69 Å². The highest BCUT2D eigenvalue weighted by atomic mass is 35.5. The molecule has 0 amide bonds. The van der Waals surface area contributed by atoms with Crippen LogP contribution in [0.1, 0.15) is 41.6 Å². The number of benzene rings is 2. The maximum atomic E-state index is 13.6. The Labute approximate surface area is 202 Å². The van der Waals surface area contributed by atoms with Gasteiger partial charge < -0.3 is 19.1 Å². The number of halogens is 3. The molecule has 1 N–H and O–H groups in total. The number of hydrogen-bond donors (Lipinski definition) is 1. The number of ether oxygens (including phenoxy) is 2. The van der Waals surface area contributed by atoms with Gasteiger partial charge in [0.15, 0.2) is 17.3 Å². The summed E-state index contributed by atoms with van der Waals surface area (Å²) in [6, 6.07) is 9.00. The van der Waals surface area contributed by atoms with Crippen LogP contribution >= 0.6 is 11.6 Å². The van der Waals surface area contributed by atoms with Crippen molar-refractivity contribution in [2.24, 2.45) is 7.05 Å². The Kier molecular flexibility index (Phi) is 7.94. The van der Waals surface area contributed by atoms with E-state index < -0.39 is 18.1 Å². The summed E-state index contributed by atoms with van der Waals surface area (Å²) in [6.07, 6.45) is 0.159. The van der Waals surface area contributed by atoms with Gasteiger partial charge in [-0.3, -0.25) is 4.79 Å². The van der Waals surface area contributed by atoms with E-state index in [0.29, 0.717) is 34.1 Å². The maximum absolute atomic E-state index is 13.6. The van der Waals surface area contributed by atoms with E-state index in [1.807, 2.05) is 6.92 Å². The fraction of sp³-hybridized carbons (Fsp3) is 0.360. The van der Waals surface area contributed by atoms with Gasteiger partial charge in [-0.2, -0.15) is 0 Å². The number of alkyl halides is 1. The molecule has 3 rings (SSSR count). The highest BCUT2D eigenvalue weighted by molar-refractivity contribution is 6.31. The van der Waals surface area contributed by atoms with E-state index in [9.17, 15) is 18.7 Å². The predicted molar refractivity (Wildman–Crippen MR) is 126 cm³/mol. The van der Waals surface area contributed by atoms with Crippen LogP contribution in [0.2, 0.25) is 5.02 Å². The number of hydrogen-bond acceptors (Lipinski definition) is 5. The highest BCUT2D eigenvalue weighted by Gasteiger charge is 2.31. The van der Waals surface area contributed by atoms with Gasteiger partial charge in [-0.15, -0.1) is 0 Å². The van der Waals surface area contributed by atoms with Gasteiger partial charge in [0.1, 0.15) is 30.5 Å². The van der Waals surface area contributed by atoms with Gasteiger partial charge in [0, 0.05) is 30.3 Å². The third kappa shape index (κ3) is 5.39. The molecule has 2 aromatic carbocycles. The third-order valence-electron chi connectivity index (χ3n) is 5.72. The summed E-state index contributed by atoms with van der Waals surface area (Å²) in [6.45, 7) is 2.68. The number of methoxy groups -OCH3 is 1. The number of carbonyl (C=O) groups is 1. The molecule has 1 atom stereocenters. The van der Waals surface area contributed by atoms with Crippen LogP contribution in [0.5, 0.6) is 11.5 Å². The van der Waals surface area contributed by atoms with E-state index in [2.05, 4.69) is 4.98 Å². The fourth-order valence-electron chi connectivity index (χ4n) is 3.70. The summed E-state index contributed by atoms with van der Waals surface area (Å²) < 4.78 is 38.2. The minimum atomic E-state index is -1.41. The van der Waals surface area contributed by atoms with Crippen molar-refractivity contribution in [3.05, 3.63) is 64.3 Å². The molecule has 0 aliphatic heterocycles. The number of aromatic nitrogens is 2. The van der Waals surface area contributed by atoms with Crippen molar-refractivity contribution in [3.8, 4) is 22.8 Å². The van der Waals surface area contributed by atoms with E-state index in [1.54, 1.807) is 36.7 Å². The van der Waals surface area contributed by atoms with E-state index >= 15 is 0 Å². The lowest BCUT2D eigenvalue weighted by molar-refractivity contribution is 0.0328. The molecule has 6 nitrogen and oxygen atoms in total. The molecule has 34 heavy (non-hydrogen) atoms. The summed E-state index contributed by atoms with van der Waals surface area (Å²) in [4.78, 5) is 17.4. The molecular formula is C25H27ClF2N2O4. The zero-order valence-electron chi connectivity index (χ0n) is 19.5. The first-order valence-corrected chi connectivity index (χ1v) is 11.1. The van der Waals surface area contributed by atoms with E-state index in [1.165, 1.54) is 25.3 Å². The number of Topliss-reactive ketones (excluding diaryl/α,β-unsaturated/α-hetero) is 1. The summed E-state index contributed by atoms with van der Waals surface area (Å²) >= 11 is 5.92. The second-order valence-corrected chi connectivity index (χ2v) is 8.56. The van der Waals surface area contributed by atoms with Crippen LogP contribution in [-0.4, -0.2) is 40.8 Å². The molecular weight excluding hydrogens is 466 g/mol. The highest BCUT2D eigenvalue weighted by Crippen LogP contribution is 2.33. The van der Waals surface area contributed by atoms with E-state index in [4.69, 9.17) is 21.1 Å². The van der Waals surface area contributed by atoms with Gasteiger partial charge >= 0.3 is 0 Å². The van der Waals surface area contributed by atoms with Crippen LogP contribution in [0, 0.1) is 12.7 Å². The Morgan fingerprint density at radius 3 is 2.62 bits per heavy atom. The minimum Gasteiger partial charge on any atom is -0.493 e. The van der Waals surface area contributed by atoms with E-state index in [-0.39, 0.29) is 30.3 Å². The number of carbonyl (C=O) groups excluding carboxylic acids is 1. The van der Waals surface area contributed by atoms with Crippen molar-refractivity contribution in [1.29, 1.82) is 0 Å². The van der Waals surface area contributed by atoms with Crippen LogP contribution in [0.3, 0.4) is 0 Å². The first-order valence-electron chi connectivity index (χ1n) is 10.7. The van der Waals surface area contributed by atoms with Gasteiger partial charge in [0.25, 0.3) is 0 Å². The Bertz CT molecular complexity index is 1190.